The zero-order valence-electron chi connectivity index (χ0n) is 18.1. The van der Waals surface area contributed by atoms with Gasteiger partial charge in [-0.1, -0.05) is 54.6 Å². The monoisotopic (exact) mass is 432 g/mol. The predicted molar refractivity (Wildman–Crippen MR) is 126 cm³/mol. The molecule has 1 atom stereocenters. The largest absolute Gasteiger partial charge is 0.721 e. The fourth-order valence-corrected chi connectivity index (χ4v) is 3.88. The van der Waals surface area contributed by atoms with Crippen LogP contribution in [0.4, 0.5) is 8.63 Å². The Balaban J connectivity index is 1.81. The first-order valence-electron chi connectivity index (χ1n) is 10.2. The van der Waals surface area contributed by atoms with E-state index in [-0.39, 0.29) is 0 Å². The molecule has 3 nitrogen and oxygen atoms in total. The standard InChI is InChI=1S/C26H23BF2O3/c1-26(32-27(28)29,23-12-10-21-16-24(30-2)13-11-20(21)15-23)17-25(31-3)22-9-8-18-6-4-5-7-19(18)14-22/h4-17H,1-3H3/b25-17-. The summed E-state index contributed by atoms with van der Waals surface area (Å²) in [5.41, 5.74) is -0.0501. The van der Waals surface area contributed by atoms with E-state index < -0.39 is 13.1 Å². The SMILES string of the molecule is CO/C(=C\C(C)(OB(F)F)c1ccc2cc(OC)ccc2c1)c1ccc2ccccc2c1. The third-order valence-electron chi connectivity index (χ3n) is 5.61. The van der Waals surface area contributed by atoms with Crippen LogP contribution >= 0.6 is 0 Å². The molecular weight excluding hydrogens is 409 g/mol. The number of hydrogen-bond acceptors (Lipinski definition) is 3. The molecule has 0 saturated carbocycles. The first-order valence-corrected chi connectivity index (χ1v) is 10.2. The van der Waals surface area contributed by atoms with E-state index in [2.05, 4.69) is 0 Å². The third-order valence-corrected chi connectivity index (χ3v) is 5.61. The minimum Gasteiger partial charge on any atom is -0.497 e. The van der Waals surface area contributed by atoms with Crippen LogP contribution in [0.2, 0.25) is 0 Å². The molecule has 32 heavy (non-hydrogen) atoms. The van der Waals surface area contributed by atoms with Crippen LogP contribution in [0.5, 0.6) is 5.75 Å². The smallest absolute Gasteiger partial charge is 0.497 e. The Hall–Kier alpha value is -3.38. The molecule has 0 spiro atoms. The van der Waals surface area contributed by atoms with Crippen molar-refractivity contribution in [2.24, 2.45) is 0 Å². The summed E-state index contributed by atoms with van der Waals surface area (Å²) in [4.78, 5) is 0. The highest BCUT2D eigenvalue weighted by Crippen LogP contribution is 2.35. The van der Waals surface area contributed by atoms with Crippen LogP contribution in [0.15, 0.2) is 84.9 Å². The van der Waals surface area contributed by atoms with Gasteiger partial charge >= 0.3 is 7.47 Å². The highest BCUT2D eigenvalue weighted by molar-refractivity contribution is 6.34. The fraction of sp³-hybridized carbons (Fsp3) is 0.154. The number of benzene rings is 4. The van der Waals surface area contributed by atoms with E-state index in [1.165, 1.54) is 7.11 Å². The summed E-state index contributed by atoms with van der Waals surface area (Å²) >= 11 is 0. The van der Waals surface area contributed by atoms with Crippen molar-refractivity contribution in [1.29, 1.82) is 0 Å². The van der Waals surface area contributed by atoms with Crippen molar-refractivity contribution < 1.29 is 22.8 Å². The summed E-state index contributed by atoms with van der Waals surface area (Å²) in [6.07, 6.45) is 1.61. The minimum absolute atomic E-state index is 0.453. The lowest BCUT2D eigenvalue weighted by atomic mass is 9.90. The van der Waals surface area contributed by atoms with Crippen molar-refractivity contribution in [3.8, 4) is 5.75 Å². The van der Waals surface area contributed by atoms with Crippen LogP contribution in [0.25, 0.3) is 27.3 Å². The Morgan fingerprint density at radius 1 is 0.812 bits per heavy atom. The van der Waals surface area contributed by atoms with E-state index >= 15 is 0 Å². The first kappa shape index (κ1) is 21.8. The summed E-state index contributed by atoms with van der Waals surface area (Å²) in [5, 5.41) is 3.95. The van der Waals surface area contributed by atoms with Gasteiger partial charge < -0.3 is 14.1 Å². The summed E-state index contributed by atoms with van der Waals surface area (Å²) in [6, 6.07) is 24.9. The summed E-state index contributed by atoms with van der Waals surface area (Å²) in [7, 11) is 0.168. The second-order valence-electron chi connectivity index (χ2n) is 7.69. The van der Waals surface area contributed by atoms with Gasteiger partial charge in [-0.25, -0.2) is 0 Å². The molecule has 0 bridgehead atoms. The number of hydrogen-bond donors (Lipinski definition) is 0. The molecule has 0 aliphatic heterocycles. The molecule has 0 amide bonds. The maximum absolute atomic E-state index is 13.5. The van der Waals surface area contributed by atoms with E-state index in [4.69, 9.17) is 14.1 Å². The van der Waals surface area contributed by atoms with Crippen molar-refractivity contribution in [2.75, 3.05) is 14.2 Å². The molecule has 4 rings (SSSR count). The fourth-order valence-electron chi connectivity index (χ4n) is 3.88. The van der Waals surface area contributed by atoms with Gasteiger partial charge in [0, 0.05) is 5.56 Å². The van der Waals surface area contributed by atoms with Crippen LogP contribution in [0, 0.1) is 0 Å². The topological polar surface area (TPSA) is 27.7 Å². The van der Waals surface area contributed by atoms with Crippen molar-refractivity contribution in [3.05, 3.63) is 96.1 Å². The van der Waals surface area contributed by atoms with E-state index in [1.54, 1.807) is 26.2 Å². The van der Waals surface area contributed by atoms with E-state index in [0.717, 1.165) is 32.9 Å². The lowest BCUT2D eigenvalue weighted by Crippen LogP contribution is -2.28. The molecule has 0 aromatic heterocycles. The molecule has 0 saturated heterocycles. The molecule has 162 valence electrons. The normalized spacial score (nSPS) is 13.7. The number of halogens is 2. The number of methoxy groups -OCH3 is 2. The van der Waals surface area contributed by atoms with Gasteiger partial charge in [-0.3, -0.25) is 8.63 Å². The molecule has 0 radical (unpaired) electrons. The van der Waals surface area contributed by atoms with E-state index in [9.17, 15) is 8.63 Å². The molecular formula is C26H23BF2O3. The zero-order valence-corrected chi connectivity index (χ0v) is 18.1. The highest BCUT2D eigenvalue weighted by Gasteiger charge is 2.34. The molecule has 4 aromatic carbocycles. The Kier molecular flexibility index (Phi) is 6.15. The summed E-state index contributed by atoms with van der Waals surface area (Å²) in [5.74, 6) is 1.18. The Labute approximate surface area is 186 Å². The lowest BCUT2D eigenvalue weighted by molar-refractivity contribution is 0.103. The Bertz CT molecular complexity index is 1290. The maximum atomic E-state index is 13.5. The van der Waals surface area contributed by atoms with Crippen LogP contribution in [0.3, 0.4) is 0 Å². The Morgan fingerprint density at radius 2 is 1.47 bits per heavy atom. The highest BCUT2D eigenvalue weighted by atomic mass is 19.2. The second kappa shape index (κ2) is 9.01. The van der Waals surface area contributed by atoms with Crippen LogP contribution in [-0.4, -0.2) is 21.7 Å². The lowest BCUT2D eigenvalue weighted by Gasteiger charge is -2.28. The zero-order chi connectivity index (χ0) is 22.7. The van der Waals surface area contributed by atoms with Gasteiger partial charge in [0.15, 0.2) is 0 Å². The van der Waals surface area contributed by atoms with Gasteiger partial charge in [-0.05, 0) is 64.4 Å². The molecule has 4 aromatic rings. The number of rotatable bonds is 7. The van der Waals surface area contributed by atoms with Crippen molar-refractivity contribution in [1.82, 2.24) is 0 Å². The van der Waals surface area contributed by atoms with E-state index in [1.807, 2.05) is 72.8 Å². The maximum Gasteiger partial charge on any atom is 0.721 e. The van der Waals surface area contributed by atoms with Crippen LogP contribution in [-0.2, 0) is 15.0 Å². The van der Waals surface area contributed by atoms with Crippen molar-refractivity contribution in [3.63, 3.8) is 0 Å². The molecule has 0 aliphatic carbocycles. The Morgan fingerprint density at radius 3 is 2.19 bits per heavy atom. The molecule has 6 heteroatoms. The summed E-state index contributed by atoms with van der Waals surface area (Å²) < 4.78 is 43.0. The summed E-state index contributed by atoms with van der Waals surface area (Å²) in [6.45, 7) is 1.61. The predicted octanol–water partition coefficient (Wildman–Crippen LogP) is 6.84. The van der Waals surface area contributed by atoms with Crippen LogP contribution < -0.4 is 4.74 Å². The van der Waals surface area contributed by atoms with Gasteiger partial charge in [-0.15, -0.1) is 0 Å². The number of ether oxygens (including phenoxy) is 2. The molecule has 0 N–H and O–H groups in total. The minimum atomic E-state index is -2.96. The molecule has 0 heterocycles. The third kappa shape index (κ3) is 4.46. The average Bonchev–Trinajstić information content (AvgIpc) is 2.81. The number of fused-ring (bicyclic) bond motifs is 2. The van der Waals surface area contributed by atoms with Crippen molar-refractivity contribution >= 4 is 34.8 Å². The van der Waals surface area contributed by atoms with Gasteiger partial charge in [0.2, 0.25) is 0 Å². The van der Waals surface area contributed by atoms with Gasteiger partial charge in [0.05, 0.1) is 14.2 Å². The quantitative estimate of drug-likeness (QED) is 0.236. The van der Waals surface area contributed by atoms with E-state index in [0.29, 0.717) is 11.3 Å². The molecule has 0 aliphatic rings. The van der Waals surface area contributed by atoms with Crippen LogP contribution in [0.1, 0.15) is 18.1 Å². The van der Waals surface area contributed by atoms with Gasteiger partial charge in [0.1, 0.15) is 17.1 Å². The van der Waals surface area contributed by atoms with Crippen molar-refractivity contribution in [2.45, 2.75) is 12.5 Å². The van der Waals surface area contributed by atoms with Gasteiger partial charge in [-0.2, -0.15) is 0 Å². The molecule has 1 unspecified atom stereocenters. The average molecular weight is 432 g/mol. The van der Waals surface area contributed by atoms with Gasteiger partial charge in [0.25, 0.3) is 0 Å². The molecule has 0 fully saturated rings. The second-order valence-corrected chi connectivity index (χ2v) is 7.69. The first-order chi connectivity index (χ1) is 15.4.